The molecule has 1 aromatic heterocycles. The molecule has 0 saturated carbocycles. The van der Waals surface area contributed by atoms with Crippen LogP contribution in [0.15, 0.2) is 34.9 Å². The predicted molar refractivity (Wildman–Crippen MR) is 95.1 cm³/mol. The van der Waals surface area contributed by atoms with Crippen LogP contribution in [-0.4, -0.2) is 52.5 Å². The van der Waals surface area contributed by atoms with Gasteiger partial charge in [0.15, 0.2) is 5.82 Å². The van der Waals surface area contributed by atoms with Crippen LogP contribution in [0.2, 0.25) is 0 Å². The Bertz CT molecular complexity index is 700. The minimum atomic E-state index is -0.253. The van der Waals surface area contributed by atoms with Crippen molar-refractivity contribution in [3.05, 3.63) is 47.6 Å². The zero-order valence-corrected chi connectivity index (χ0v) is 15.2. The van der Waals surface area contributed by atoms with Crippen molar-refractivity contribution in [3.63, 3.8) is 0 Å². The Morgan fingerprint density at radius 1 is 1.40 bits per heavy atom. The third-order valence-electron chi connectivity index (χ3n) is 4.93. The monoisotopic (exact) mass is 342 g/mol. The average molecular weight is 342 g/mol. The van der Waals surface area contributed by atoms with Crippen molar-refractivity contribution >= 4 is 5.91 Å². The summed E-state index contributed by atoms with van der Waals surface area (Å²) in [5.41, 5.74) is 1.04. The van der Waals surface area contributed by atoms with Gasteiger partial charge in [0.25, 0.3) is 0 Å². The van der Waals surface area contributed by atoms with Gasteiger partial charge in [-0.3, -0.25) is 9.69 Å². The Labute approximate surface area is 148 Å². The first-order valence-corrected chi connectivity index (χ1v) is 8.94. The van der Waals surface area contributed by atoms with Crippen molar-refractivity contribution in [2.45, 2.75) is 38.6 Å². The van der Waals surface area contributed by atoms with Crippen molar-refractivity contribution in [1.29, 1.82) is 0 Å². The van der Waals surface area contributed by atoms with Crippen LogP contribution < -0.4 is 0 Å². The number of carbonyl (C=O) groups excluding carboxylic acids is 1. The maximum atomic E-state index is 13.3. The normalized spacial score (nSPS) is 19.2. The second kappa shape index (κ2) is 7.78. The molecule has 1 fully saturated rings. The molecule has 134 valence electrons. The first-order valence-electron chi connectivity index (χ1n) is 8.94. The predicted octanol–water partition coefficient (Wildman–Crippen LogP) is 2.78. The summed E-state index contributed by atoms with van der Waals surface area (Å²) in [7, 11) is 2.00. The number of piperidine rings is 1. The topological polar surface area (TPSA) is 62.5 Å². The van der Waals surface area contributed by atoms with Gasteiger partial charge in [0.05, 0.1) is 0 Å². The van der Waals surface area contributed by atoms with E-state index in [-0.39, 0.29) is 17.9 Å². The summed E-state index contributed by atoms with van der Waals surface area (Å²) >= 11 is 0. The van der Waals surface area contributed by atoms with Crippen LogP contribution in [0.1, 0.15) is 49.0 Å². The van der Waals surface area contributed by atoms with Gasteiger partial charge < -0.3 is 9.42 Å². The van der Waals surface area contributed by atoms with Crippen LogP contribution >= 0.6 is 0 Å². The average Bonchev–Trinajstić information content (AvgIpc) is 3.09. The molecule has 6 nitrogen and oxygen atoms in total. The highest BCUT2D eigenvalue weighted by molar-refractivity contribution is 5.83. The molecule has 1 amide bonds. The molecule has 25 heavy (non-hydrogen) atoms. The lowest BCUT2D eigenvalue weighted by Crippen LogP contribution is -2.45. The van der Waals surface area contributed by atoms with Gasteiger partial charge >= 0.3 is 0 Å². The Kier molecular flexibility index (Phi) is 5.48. The van der Waals surface area contributed by atoms with E-state index in [2.05, 4.69) is 22.0 Å². The molecule has 2 atom stereocenters. The molecule has 6 heteroatoms. The fraction of sp³-hybridized carbons (Fsp3) is 0.526. The first kappa shape index (κ1) is 17.6. The maximum Gasteiger partial charge on any atom is 0.244 e. The van der Waals surface area contributed by atoms with Crippen LogP contribution in [0.3, 0.4) is 0 Å². The number of likely N-dealkylation sites (N-methyl/N-ethyl adjacent to an activating group) is 1. The zero-order valence-electron chi connectivity index (χ0n) is 15.2. The number of amides is 1. The van der Waals surface area contributed by atoms with E-state index in [0.29, 0.717) is 12.4 Å². The van der Waals surface area contributed by atoms with Crippen LogP contribution in [0.25, 0.3) is 0 Å². The number of benzene rings is 1. The number of rotatable bonds is 5. The van der Waals surface area contributed by atoms with E-state index in [1.54, 1.807) is 6.92 Å². The maximum absolute atomic E-state index is 13.3. The smallest absolute Gasteiger partial charge is 0.244 e. The summed E-state index contributed by atoms with van der Waals surface area (Å²) in [4.78, 5) is 21.7. The number of aryl methyl sites for hydroxylation is 1. The zero-order chi connectivity index (χ0) is 17.8. The molecule has 0 N–H and O–H groups in total. The van der Waals surface area contributed by atoms with E-state index in [1.807, 2.05) is 42.3 Å². The van der Waals surface area contributed by atoms with Gasteiger partial charge in [-0.05, 0) is 32.0 Å². The lowest BCUT2D eigenvalue weighted by atomic mass is 9.95. The summed E-state index contributed by atoms with van der Waals surface area (Å²) < 4.78 is 5.11. The molecule has 2 aromatic rings. The molecule has 1 aliphatic heterocycles. The Balaban J connectivity index is 1.79. The van der Waals surface area contributed by atoms with Gasteiger partial charge in [-0.15, -0.1) is 0 Å². The molecule has 0 radical (unpaired) electrons. The quantitative estimate of drug-likeness (QED) is 0.836. The molecule has 1 saturated heterocycles. The molecule has 0 aliphatic carbocycles. The number of nitrogens with zero attached hydrogens (tertiary/aromatic N) is 4. The van der Waals surface area contributed by atoms with Gasteiger partial charge in [0.2, 0.25) is 11.8 Å². The van der Waals surface area contributed by atoms with E-state index in [9.17, 15) is 4.79 Å². The van der Waals surface area contributed by atoms with E-state index in [0.717, 1.165) is 37.3 Å². The van der Waals surface area contributed by atoms with Gasteiger partial charge in [0, 0.05) is 25.9 Å². The van der Waals surface area contributed by atoms with Crippen molar-refractivity contribution < 1.29 is 9.32 Å². The molecule has 0 unspecified atom stereocenters. The molecule has 1 aromatic carbocycles. The van der Waals surface area contributed by atoms with E-state index >= 15 is 0 Å². The van der Waals surface area contributed by atoms with Gasteiger partial charge in [-0.2, -0.15) is 4.98 Å². The van der Waals surface area contributed by atoms with Crippen LogP contribution in [0.4, 0.5) is 0 Å². The first-order chi connectivity index (χ1) is 12.1. The second-order valence-electron chi connectivity index (χ2n) is 6.68. The summed E-state index contributed by atoms with van der Waals surface area (Å²) in [5, 5.41) is 4.05. The molecular formula is C19H26N4O2. The van der Waals surface area contributed by atoms with Crippen LogP contribution in [0, 0.1) is 6.92 Å². The standard InChI is InChI=1S/C19H26N4O2/c1-4-22(3)17(15-9-6-5-7-10-15)19(24)23-12-8-11-16(13-23)18-20-14(2)25-21-18/h5-7,9-10,16-17H,4,8,11-13H2,1-3H3/t16-,17-/m0/s1. The highest BCUT2D eigenvalue weighted by atomic mass is 16.5. The summed E-state index contributed by atoms with van der Waals surface area (Å²) in [5.74, 6) is 1.60. The van der Waals surface area contributed by atoms with E-state index in [1.165, 1.54) is 0 Å². The SMILES string of the molecule is CCN(C)[C@H](C(=O)N1CCC[C@H](c2noc(C)n2)C1)c1ccccc1. The van der Waals surface area contributed by atoms with Crippen LogP contribution in [-0.2, 0) is 4.79 Å². The Morgan fingerprint density at radius 2 is 2.16 bits per heavy atom. The van der Waals surface area contributed by atoms with Gasteiger partial charge in [-0.1, -0.05) is 42.4 Å². The Hall–Kier alpha value is -2.21. The fourth-order valence-corrected chi connectivity index (χ4v) is 3.45. The van der Waals surface area contributed by atoms with Gasteiger partial charge in [-0.25, -0.2) is 0 Å². The number of hydrogen-bond acceptors (Lipinski definition) is 5. The van der Waals surface area contributed by atoms with Gasteiger partial charge in [0.1, 0.15) is 6.04 Å². The van der Waals surface area contributed by atoms with E-state index in [4.69, 9.17) is 4.52 Å². The number of likely N-dealkylation sites (tertiary alicyclic amines) is 1. The summed E-state index contributed by atoms with van der Waals surface area (Å²) in [6.45, 7) is 6.12. The lowest BCUT2D eigenvalue weighted by molar-refractivity contribution is -0.138. The van der Waals surface area contributed by atoms with Crippen molar-refractivity contribution in [3.8, 4) is 0 Å². The third kappa shape index (κ3) is 3.90. The Morgan fingerprint density at radius 3 is 2.80 bits per heavy atom. The molecule has 3 rings (SSSR count). The highest BCUT2D eigenvalue weighted by Gasteiger charge is 2.33. The largest absolute Gasteiger partial charge is 0.340 e. The van der Waals surface area contributed by atoms with Crippen LogP contribution in [0.5, 0.6) is 0 Å². The lowest BCUT2D eigenvalue weighted by Gasteiger charge is -2.36. The fourth-order valence-electron chi connectivity index (χ4n) is 3.45. The minimum Gasteiger partial charge on any atom is -0.340 e. The van der Waals surface area contributed by atoms with Crippen molar-refractivity contribution in [2.24, 2.45) is 0 Å². The van der Waals surface area contributed by atoms with Crippen molar-refractivity contribution in [2.75, 3.05) is 26.7 Å². The molecule has 0 bridgehead atoms. The number of hydrogen-bond donors (Lipinski definition) is 0. The summed E-state index contributed by atoms with van der Waals surface area (Å²) in [6.07, 6.45) is 1.95. The number of carbonyl (C=O) groups is 1. The third-order valence-corrected chi connectivity index (χ3v) is 4.93. The van der Waals surface area contributed by atoms with E-state index < -0.39 is 0 Å². The molecule has 0 spiro atoms. The minimum absolute atomic E-state index is 0.151. The number of aromatic nitrogens is 2. The highest BCUT2D eigenvalue weighted by Crippen LogP contribution is 2.29. The van der Waals surface area contributed by atoms with Crippen molar-refractivity contribution in [1.82, 2.24) is 19.9 Å². The molecular weight excluding hydrogens is 316 g/mol. The molecule has 2 heterocycles. The molecule has 1 aliphatic rings. The second-order valence-corrected chi connectivity index (χ2v) is 6.68. The summed E-state index contributed by atoms with van der Waals surface area (Å²) in [6, 6.07) is 9.75.